The fourth-order valence-electron chi connectivity index (χ4n) is 1.21. The summed E-state index contributed by atoms with van der Waals surface area (Å²) in [4.78, 5) is 1.07. The van der Waals surface area contributed by atoms with E-state index in [4.69, 9.17) is 0 Å². The van der Waals surface area contributed by atoms with Crippen LogP contribution in [0.2, 0.25) is 0 Å². The maximum absolute atomic E-state index is 9.87. The fourth-order valence-corrected chi connectivity index (χ4v) is 1.94. The van der Waals surface area contributed by atoms with E-state index in [2.05, 4.69) is 0 Å². The summed E-state index contributed by atoms with van der Waals surface area (Å²) in [7, 11) is 0. The third-order valence-corrected chi connectivity index (χ3v) is 3.36. The number of hydrogen-bond donors (Lipinski definition) is 2. The Bertz CT molecular complexity index is 278. The third-order valence-electron chi connectivity index (χ3n) is 2.50. The van der Waals surface area contributed by atoms with E-state index in [1.54, 1.807) is 18.3 Å². The molecule has 2 N–H and O–H groups in total. The van der Waals surface area contributed by atoms with Crippen molar-refractivity contribution in [3.63, 3.8) is 0 Å². The van der Waals surface area contributed by atoms with Crippen molar-refractivity contribution in [2.75, 3.05) is 0 Å². The van der Waals surface area contributed by atoms with E-state index in [0.29, 0.717) is 6.42 Å². The predicted molar refractivity (Wildman–Crippen MR) is 54.9 cm³/mol. The molecular weight excluding hydrogens is 184 g/mol. The second kappa shape index (κ2) is 3.78. The molecule has 1 aromatic heterocycles. The molecule has 0 amide bonds. The van der Waals surface area contributed by atoms with Gasteiger partial charge in [-0.05, 0) is 37.3 Å². The first-order chi connectivity index (χ1) is 5.99. The number of aliphatic hydroxyl groups is 2. The van der Waals surface area contributed by atoms with E-state index >= 15 is 0 Å². The molecule has 0 saturated carbocycles. The summed E-state index contributed by atoms with van der Waals surface area (Å²) >= 11 is 1.59. The van der Waals surface area contributed by atoms with Crippen LogP contribution in [0.25, 0.3) is 0 Å². The van der Waals surface area contributed by atoms with E-state index in [-0.39, 0.29) is 0 Å². The maximum Gasteiger partial charge on any atom is 0.108 e. The highest BCUT2D eigenvalue weighted by Gasteiger charge is 2.30. The second-order valence-electron chi connectivity index (χ2n) is 3.55. The first-order valence-corrected chi connectivity index (χ1v) is 5.31. The second-order valence-corrected chi connectivity index (χ2v) is 4.67. The van der Waals surface area contributed by atoms with Crippen LogP contribution < -0.4 is 0 Å². The van der Waals surface area contributed by atoms with E-state index < -0.39 is 11.7 Å². The molecule has 2 nitrogen and oxygen atoms in total. The first kappa shape index (κ1) is 10.7. The first-order valence-electron chi connectivity index (χ1n) is 4.43. The summed E-state index contributed by atoms with van der Waals surface area (Å²) in [5.41, 5.74) is -0.178. The van der Waals surface area contributed by atoms with Crippen LogP contribution in [0.1, 0.15) is 36.8 Å². The van der Waals surface area contributed by atoms with Crippen LogP contribution in [-0.2, 0) is 0 Å². The molecule has 3 heteroatoms. The summed E-state index contributed by atoms with van der Waals surface area (Å²) in [5, 5.41) is 21.6. The van der Waals surface area contributed by atoms with E-state index in [1.807, 2.05) is 25.3 Å². The zero-order valence-electron chi connectivity index (χ0n) is 8.24. The van der Waals surface area contributed by atoms with Crippen LogP contribution in [-0.4, -0.2) is 15.8 Å². The molecule has 1 aromatic rings. The molecule has 0 aliphatic carbocycles. The Balaban J connectivity index is 2.91. The van der Waals surface area contributed by atoms with Crippen LogP contribution in [0.4, 0.5) is 0 Å². The molecule has 0 fully saturated rings. The van der Waals surface area contributed by atoms with E-state index in [9.17, 15) is 10.2 Å². The summed E-state index contributed by atoms with van der Waals surface area (Å²) in [6.45, 7) is 5.48. The van der Waals surface area contributed by atoms with Crippen LogP contribution in [0.3, 0.4) is 0 Å². The monoisotopic (exact) mass is 200 g/mol. The topological polar surface area (TPSA) is 40.5 Å². The predicted octanol–water partition coefficient (Wildman–Crippen LogP) is 2.25. The Morgan fingerprint density at radius 3 is 2.62 bits per heavy atom. The molecule has 2 unspecified atom stereocenters. The lowest BCUT2D eigenvalue weighted by atomic mass is 9.91. The Labute approximate surface area is 82.8 Å². The van der Waals surface area contributed by atoms with Gasteiger partial charge in [-0.25, -0.2) is 0 Å². The number of rotatable bonds is 3. The van der Waals surface area contributed by atoms with Crippen molar-refractivity contribution >= 4 is 11.3 Å². The third kappa shape index (κ3) is 2.10. The minimum Gasteiger partial charge on any atom is -0.387 e. The minimum atomic E-state index is -1.02. The molecule has 0 spiro atoms. The lowest BCUT2D eigenvalue weighted by Crippen LogP contribution is -2.31. The van der Waals surface area contributed by atoms with Gasteiger partial charge in [-0.15, -0.1) is 11.3 Å². The van der Waals surface area contributed by atoms with Gasteiger partial charge in [-0.3, -0.25) is 0 Å². The molecule has 2 atom stereocenters. The fraction of sp³-hybridized carbons (Fsp3) is 0.600. The van der Waals surface area contributed by atoms with E-state index in [0.717, 1.165) is 10.4 Å². The van der Waals surface area contributed by atoms with Gasteiger partial charge in [0.2, 0.25) is 0 Å². The molecule has 74 valence electrons. The molecule has 0 radical (unpaired) electrons. The maximum atomic E-state index is 9.87. The van der Waals surface area contributed by atoms with Crippen molar-refractivity contribution in [1.82, 2.24) is 0 Å². The number of thiophene rings is 1. The van der Waals surface area contributed by atoms with Crippen LogP contribution in [0.5, 0.6) is 0 Å². The van der Waals surface area contributed by atoms with Gasteiger partial charge in [0.15, 0.2) is 0 Å². The normalized spacial score (nSPS) is 18.2. The number of aliphatic hydroxyl groups excluding tert-OH is 1. The zero-order chi connectivity index (χ0) is 10.1. The van der Waals surface area contributed by atoms with Crippen molar-refractivity contribution in [1.29, 1.82) is 0 Å². The van der Waals surface area contributed by atoms with Crippen molar-refractivity contribution in [3.05, 3.63) is 21.9 Å². The average molecular weight is 200 g/mol. The SMILES string of the molecule is CCC(C)(O)C(O)c1ccsc1C. The molecule has 13 heavy (non-hydrogen) atoms. The summed E-state index contributed by atoms with van der Waals surface area (Å²) in [5.74, 6) is 0. The van der Waals surface area contributed by atoms with Crippen LogP contribution in [0.15, 0.2) is 11.4 Å². The van der Waals surface area contributed by atoms with Gasteiger partial charge < -0.3 is 10.2 Å². The van der Waals surface area contributed by atoms with Gasteiger partial charge >= 0.3 is 0 Å². The highest BCUT2D eigenvalue weighted by molar-refractivity contribution is 7.10. The van der Waals surface area contributed by atoms with Crippen molar-refractivity contribution in [3.8, 4) is 0 Å². The molecule has 0 bridgehead atoms. The smallest absolute Gasteiger partial charge is 0.108 e. The molecular formula is C10H16O2S. The highest BCUT2D eigenvalue weighted by atomic mass is 32.1. The Hall–Kier alpha value is -0.380. The summed E-state index contributed by atoms with van der Waals surface area (Å²) in [6.07, 6.45) is -0.229. The van der Waals surface area contributed by atoms with Gasteiger partial charge in [-0.1, -0.05) is 6.92 Å². The lowest BCUT2D eigenvalue weighted by molar-refractivity contribution is -0.0659. The largest absolute Gasteiger partial charge is 0.387 e. The summed E-state index contributed by atoms with van der Waals surface area (Å²) in [6, 6.07) is 1.87. The average Bonchev–Trinajstić information content (AvgIpc) is 2.50. The van der Waals surface area contributed by atoms with Crippen molar-refractivity contribution in [2.45, 2.75) is 38.9 Å². The molecule has 1 rings (SSSR count). The zero-order valence-corrected chi connectivity index (χ0v) is 9.06. The number of aryl methyl sites for hydroxylation is 1. The standard InChI is InChI=1S/C10H16O2S/c1-4-10(3,12)9(11)8-5-6-13-7(8)2/h5-6,9,11-12H,4H2,1-3H3. The number of hydrogen-bond acceptors (Lipinski definition) is 3. The highest BCUT2D eigenvalue weighted by Crippen LogP contribution is 2.32. The minimum absolute atomic E-state index is 0.545. The molecule has 0 saturated heterocycles. The summed E-state index contributed by atoms with van der Waals surface area (Å²) < 4.78 is 0. The Morgan fingerprint density at radius 2 is 2.23 bits per heavy atom. The van der Waals surface area contributed by atoms with Gasteiger partial charge in [0, 0.05) is 4.88 Å². The van der Waals surface area contributed by atoms with Crippen LogP contribution >= 0.6 is 11.3 Å². The molecule has 0 aliphatic rings. The molecule has 1 heterocycles. The Kier molecular flexibility index (Phi) is 3.11. The van der Waals surface area contributed by atoms with Gasteiger partial charge in [0.05, 0.1) is 5.60 Å². The van der Waals surface area contributed by atoms with Gasteiger partial charge in [0.25, 0.3) is 0 Å². The van der Waals surface area contributed by atoms with Gasteiger partial charge in [-0.2, -0.15) is 0 Å². The lowest BCUT2D eigenvalue weighted by Gasteiger charge is -2.27. The van der Waals surface area contributed by atoms with Gasteiger partial charge in [0.1, 0.15) is 6.10 Å². The van der Waals surface area contributed by atoms with E-state index in [1.165, 1.54) is 0 Å². The Morgan fingerprint density at radius 1 is 1.62 bits per heavy atom. The molecule has 0 aliphatic heterocycles. The van der Waals surface area contributed by atoms with Crippen molar-refractivity contribution < 1.29 is 10.2 Å². The van der Waals surface area contributed by atoms with Crippen LogP contribution in [0, 0.1) is 6.92 Å². The molecule has 0 aromatic carbocycles. The quantitative estimate of drug-likeness (QED) is 0.785. The van der Waals surface area contributed by atoms with Crippen molar-refractivity contribution in [2.24, 2.45) is 0 Å².